The molecule has 1 aromatic heterocycles. The summed E-state index contributed by atoms with van der Waals surface area (Å²) in [5, 5.41) is 3.54. The maximum absolute atomic E-state index is 4.11. The van der Waals surface area contributed by atoms with Crippen LogP contribution in [0.15, 0.2) is 18.7 Å². The van der Waals surface area contributed by atoms with Crippen LogP contribution in [0.3, 0.4) is 0 Å². The zero-order chi connectivity index (χ0) is 10.7. The van der Waals surface area contributed by atoms with E-state index in [-0.39, 0.29) is 0 Å². The lowest BCUT2D eigenvalue weighted by Gasteiger charge is -2.37. The summed E-state index contributed by atoms with van der Waals surface area (Å²) >= 11 is 0. The fraction of sp³-hybridized carbons (Fsp3) is 0.750. The van der Waals surface area contributed by atoms with E-state index in [9.17, 15) is 0 Å². The highest BCUT2D eigenvalue weighted by atomic mass is 15.1. The third kappa shape index (κ3) is 2.59. The van der Waals surface area contributed by atoms with Gasteiger partial charge in [-0.25, -0.2) is 4.98 Å². The monoisotopic (exact) mass is 207 g/mol. The SMILES string of the molecule is CC(C)CNCC1CCC1n1ccnc1. The molecular weight excluding hydrogens is 186 g/mol. The normalized spacial score (nSPS) is 25.5. The highest BCUT2D eigenvalue weighted by Crippen LogP contribution is 2.37. The van der Waals surface area contributed by atoms with Crippen molar-refractivity contribution in [3.8, 4) is 0 Å². The Morgan fingerprint density at radius 3 is 2.87 bits per heavy atom. The summed E-state index contributed by atoms with van der Waals surface area (Å²) < 4.78 is 2.26. The van der Waals surface area contributed by atoms with Gasteiger partial charge in [-0.15, -0.1) is 0 Å². The topological polar surface area (TPSA) is 29.9 Å². The molecule has 84 valence electrons. The molecule has 0 radical (unpaired) electrons. The van der Waals surface area contributed by atoms with Gasteiger partial charge in [-0.05, 0) is 37.8 Å². The van der Waals surface area contributed by atoms with E-state index in [4.69, 9.17) is 0 Å². The smallest absolute Gasteiger partial charge is 0.0948 e. The van der Waals surface area contributed by atoms with Crippen molar-refractivity contribution in [1.29, 1.82) is 0 Å². The van der Waals surface area contributed by atoms with Crippen molar-refractivity contribution in [1.82, 2.24) is 14.9 Å². The van der Waals surface area contributed by atoms with E-state index < -0.39 is 0 Å². The van der Waals surface area contributed by atoms with Gasteiger partial charge in [0.15, 0.2) is 0 Å². The van der Waals surface area contributed by atoms with Crippen molar-refractivity contribution in [2.24, 2.45) is 11.8 Å². The van der Waals surface area contributed by atoms with Gasteiger partial charge in [0.2, 0.25) is 0 Å². The Morgan fingerprint density at radius 2 is 2.33 bits per heavy atom. The maximum atomic E-state index is 4.11. The van der Waals surface area contributed by atoms with Crippen LogP contribution in [-0.4, -0.2) is 22.6 Å². The lowest BCUT2D eigenvalue weighted by Crippen LogP contribution is -2.37. The number of nitrogens with zero attached hydrogens (tertiary/aromatic N) is 2. The summed E-state index contributed by atoms with van der Waals surface area (Å²) in [6, 6.07) is 0.687. The average molecular weight is 207 g/mol. The first kappa shape index (κ1) is 10.7. The highest BCUT2D eigenvalue weighted by molar-refractivity contribution is 4.91. The molecule has 1 aromatic rings. The van der Waals surface area contributed by atoms with Crippen LogP contribution in [0.2, 0.25) is 0 Å². The number of hydrogen-bond acceptors (Lipinski definition) is 2. The second kappa shape index (κ2) is 4.79. The first-order valence-corrected chi connectivity index (χ1v) is 5.95. The molecule has 1 heterocycles. The van der Waals surface area contributed by atoms with Gasteiger partial charge in [-0.3, -0.25) is 0 Å². The molecule has 3 heteroatoms. The fourth-order valence-corrected chi connectivity index (χ4v) is 2.21. The van der Waals surface area contributed by atoms with Crippen LogP contribution in [0.1, 0.15) is 32.7 Å². The molecular formula is C12H21N3. The Morgan fingerprint density at radius 1 is 1.47 bits per heavy atom. The molecule has 2 unspecified atom stereocenters. The van der Waals surface area contributed by atoms with Gasteiger partial charge in [0, 0.05) is 18.4 Å². The van der Waals surface area contributed by atoms with E-state index in [2.05, 4.69) is 34.9 Å². The molecule has 0 saturated heterocycles. The van der Waals surface area contributed by atoms with Gasteiger partial charge in [0.1, 0.15) is 0 Å². The third-order valence-corrected chi connectivity index (χ3v) is 3.24. The van der Waals surface area contributed by atoms with E-state index in [1.165, 1.54) is 12.8 Å². The first-order valence-electron chi connectivity index (χ1n) is 5.95. The van der Waals surface area contributed by atoms with Crippen molar-refractivity contribution in [3.05, 3.63) is 18.7 Å². The van der Waals surface area contributed by atoms with Crippen LogP contribution in [-0.2, 0) is 0 Å². The second-order valence-electron chi connectivity index (χ2n) is 4.97. The quantitative estimate of drug-likeness (QED) is 0.801. The van der Waals surface area contributed by atoms with Crippen molar-refractivity contribution < 1.29 is 0 Å². The van der Waals surface area contributed by atoms with Gasteiger partial charge >= 0.3 is 0 Å². The zero-order valence-corrected chi connectivity index (χ0v) is 9.69. The summed E-state index contributed by atoms with van der Waals surface area (Å²) in [5.41, 5.74) is 0. The lowest BCUT2D eigenvalue weighted by atomic mass is 9.79. The van der Waals surface area contributed by atoms with Crippen LogP contribution >= 0.6 is 0 Å². The van der Waals surface area contributed by atoms with Crippen LogP contribution < -0.4 is 5.32 Å². The molecule has 0 aromatic carbocycles. The van der Waals surface area contributed by atoms with Gasteiger partial charge in [0.25, 0.3) is 0 Å². The molecule has 15 heavy (non-hydrogen) atoms. The van der Waals surface area contributed by atoms with Crippen LogP contribution in [0.5, 0.6) is 0 Å². The molecule has 2 atom stereocenters. The minimum atomic E-state index is 0.687. The Kier molecular flexibility index (Phi) is 3.41. The maximum Gasteiger partial charge on any atom is 0.0948 e. The average Bonchev–Trinajstić information content (AvgIpc) is 2.63. The van der Waals surface area contributed by atoms with E-state index >= 15 is 0 Å². The number of hydrogen-bond donors (Lipinski definition) is 1. The number of rotatable bonds is 5. The molecule has 0 amide bonds. The molecule has 1 aliphatic carbocycles. The molecule has 3 nitrogen and oxygen atoms in total. The largest absolute Gasteiger partial charge is 0.334 e. The van der Waals surface area contributed by atoms with Crippen LogP contribution in [0, 0.1) is 11.8 Å². The predicted molar refractivity (Wildman–Crippen MR) is 61.7 cm³/mol. The molecule has 1 aliphatic rings. The molecule has 1 fully saturated rings. The molecule has 0 bridgehead atoms. The van der Waals surface area contributed by atoms with Crippen molar-refractivity contribution in [2.45, 2.75) is 32.7 Å². The minimum absolute atomic E-state index is 0.687. The molecule has 0 spiro atoms. The van der Waals surface area contributed by atoms with E-state index in [1.807, 2.05) is 12.5 Å². The number of imidazole rings is 1. The van der Waals surface area contributed by atoms with E-state index in [1.54, 1.807) is 0 Å². The Hall–Kier alpha value is -0.830. The fourth-order valence-electron chi connectivity index (χ4n) is 2.21. The van der Waals surface area contributed by atoms with Gasteiger partial charge < -0.3 is 9.88 Å². The second-order valence-corrected chi connectivity index (χ2v) is 4.97. The summed E-state index contributed by atoms with van der Waals surface area (Å²) in [6.45, 7) is 6.79. The zero-order valence-electron chi connectivity index (χ0n) is 9.69. The Balaban J connectivity index is 1.75. The number of aromatic nitrogens is 2. The van der Waals surface area contributed by atoms with Crippen LogP contribution in [0.25, 0.3) is 0 Å². The Bertz CT molecular complexity index is 279. The van der Waals surface area contributed by atoms with Gasteiger partial charge in [-0.1, -0.05) is 13.8 Å². The van der Waals surface area contributed by atoms with Gasteiger partial charge in [0.05, 0.1) is 6.33 Å². The highest BCUT2D eigenvalue weighted by Gasteiger charge is 2.31. The molecule has 1 saturated carbocycles. The summed E-state index contributed by atoms with van der Waals surface area (Å²) in [6.07, 6.45) is 8.56. The molecule has 1 N–H and O–H groups in total. The van der Waals surface area contributed by atoms with Crippen molar-refractivity contribution in [2.75, 3.05) is 13.1 Å². The van der Waals surface area contributed by atoms with Crippen LogP contribution in [0.4, 0.5) is 0 Å². The van der Waals surface area contributed by atoms with E-state index in [0.29, 0.717) is 6.04 Å². The minimum Gasteiger partial charge on any atom is -0.334 e. The summed E-state index contributed by atoms with van der Waals surface area (Å²) in [5.74, 6) is 1.55. The van der Waals surface area contributed by atoms with E-state index in [0.717, 1.165) is 24.9 Å². The number of nitrogens with one attached hydrogen (secondary N) is 1. The molecule has 0 aliphatic heterocycles. The summed E-state index contributed by atoms with van der Waals surface area (Å²) in [4.78, 5) is 4.11. The van der Waals surface area contributed by atoms with Crippen molar-refractivity contribution in [3.63, 3.8) is 0 Å². The standard InChI is InChI=1S/C12H21N3/c1-10(2)7-14-8-11-3-4-12(11)15-6-5-13-9-15/h5-6,9-12,14H,3-4,7-8H2,1-2H3. The molecule has 2 rings (SSSR count). The Labute approximate surface area is 91.9 Å². The third-order valence-electron chi connectivity index (χ3n) is 3.24. The van der Waals surface area contributed by atoms with Gasteiger partial charge in [-0.2, -0.15) is 0 Å². The first-order chi connectivity index (χ1) is 7.27. The lowest BCUT2D eigenvalue weighted by molar-refractivity contribution is 0.176. The predicted octanol–water partition coefficient (Wildman–Crippen LogP) is 2.08. The van der Waals surface area contributed by atoms with Crippen molar-refractivity contribution >= 4 is 0 Å². The summed E-state index contributed by atoms with van der Waals surface area (Å²) in [7, 11) is 0.